The van der Waals surface area contributed by atoms with Gasteiger partial charge in [0.25, 0.3) is 0 Å². The highest BCUT2D eigenvalue weighted by atomic mass is 35.5. The number of allylic oxidation sites excluding steroid dienone is 2. The molecule has 4 amide bonds. The summed E-state index contributed by atoms with van der Waals surface area (Å²) >= 11 is 7.85. The van der Waals surface area contributed by atoms with Gasteiger partial charge in [0.1, 0.15) is 17.3 Å². The fraction of sp³-hybridized carbons (Fsp3) is 0.385. The molecule has 4 heterocycles. The van der Waals surface area contributed by atoms with Crippen LogP contribution < -0.4 is 4.90 Å². The van der Waals surface area contributed by atoms with Crippen LogP contribution in [0.2, 0.25) is 5.02 Å². The van der Waals surface area contributed by atoms with Gasteiger partial charge in [-0.1, -0.05) is 35.4 Å². The highest BCUT2D eigenvalue weighted by Gasteiger charge is 2.68. The van der Waals surface area contributed by atoms with Crippen LogP contribution >= 0.6 is 22.9 Å². The summed E-state index contributed by atoms with van der Waals surface area (Å²) in [6.45, 7) is 7.16. The summed E-state index contributed by atoms with van der Waals surface area (Å²) in [6.07, 6.45) is 2.03. The zero-order valence-corrected chi connectivity index (χ0v) is 30.8. The molecule has 2 saturated heterocycles. The summed E-state index contributed by atoms with van der Waals surface area (Å²) in [5.74, 6) is -5.74. The van der Waals surface area contributed by atoms with Gasteiger partial charge in [-0.25, -0.2) is 4.90 Å². The Morgan fingerprint density at radius 1 is 1.02 bits per heavy atom. The maximum absolute atomic E-state index is 15.0. The summed E-state index contributed by atoms with van der Waals surface area (Å²) in [4.78, 5) is 71.9. The molecule has 6 atom stereocenters. The van der Waals surface area contributed by atoms with Crippen molar-refractivity contribution >= 4 is 68.4 Å². The molecule has 1 saturated carbocycles. The number of hydrogen-bond donors (Lipinski definition) is 2. The number of anilines is 1. The second-order valence-electron chi connectivity index (χ2n) is 14.8. The number of benzene rings is 2. The molecule has 0 unspecified atom stereocenters. The number of carboxylic acid groups (broad SMARTS) is 1. The lowest BCUT2D eigenvalue weighted by molar-refractivity contribution is -0.142. The Morgan fingerprint density at radius 2 is 1.73 bits per heavy atom. The number of amides is 4. The zero-order chi connectivity index (χ0) is 37.1. The number of aryl methyl sites for hydroxylation is 4. The van der Waals surface area contributed by atoms with E-state index in [1.54, 1.807) is 43.0 Å². The fourth-order valence-corrected chi connectivity index (χ4v) is 10.8. The van der Waals surface area contributed by atoms with Crippen LogP contribution in [-0.2, 0) is 31.0 Å². The molecule has 52 heavy (non-hydrogen) atoms. The van der Waals surface area contributed by atoms with Crippen molar-refractivity contribution < 1.29 is 34.2 Å². The van der Waals surface area contributed by atoms with Crippen LogP contribution in [0.25, 0.3) is 20.7 Å². The van der Waals surface area contributed by atoms with Crippen molar-refractivity contribution in [1.29, 1.82) is 0 Å². The summed E-state index contributed by atoms with van der Waals surface area (Å²) < 4.78 is 2.59. The van der Waals surface area contributed by atoms with Gasteiger partial charge in [-0.15, -0.1) is 11.3 Å². The minimum Gasteiger partial charge on any atom is -0.507 e. The fourth-order valence-electron chi connectivity index (χ4n) is 9.48. The Labute approximate surface area is 308 Å². The first-order valence-corrected chi connectivity index (χ1v) is 18.5. The first-order chi connectivity index (χ1) is 24.6. The van der Waals surface area contributed by atoms with E-state index in [2.05, 4.69) is 0 Å². The minimum atomic E-state index is -1.27. The first kappa shape index (κ1) is 34.3. The molecule has 2 aromatic carbocycles. The molecule has 3 fully saturated rings. The Morgan fingerprint density at radius 3 is 2.42 bits per heavy atom. The molecule has 2 N–H and O–H groups in total. The largest absolute Gasteiger partial charge is 0.507 e. The number of fused-ring (bicyclic) bond motifs is 5. The standard InChI is InChI=1S/C39H37ClN4O7S/c1-17-12-20(13-18(2)33(17)47)32-22-7-8-23-31(37(50)43(35(23)48)11-10-30(45)46)25(22)15-26-36(49)44(38(51)39(26,32)4)29-16-27(41-42(29)5)34-19(3)24-14-21(40)6-9-28(24)52-34/h6-7,9,12-14,16,23,25-26,31-32,47H,8,10-11,15H2,1-5H3,(H,45,46)/t23-,25+,26-,31-,32-,39+/m0/s1. The van der Waals surface area contributed by atoms with Crippen molar-refractivity contribution in [3.63, 3.8) is 0 Å². The van der Waals surface area contributed by atoms with Gasteiger partial charge in [-0.3, -0.25) is 33.6 Å². The molecule has 268 valence electrons. The predicted molar refractivity (Wildman–Crippen MR) is 195 cm³/mol. The SMILES string of the molecule is Cc1cc([C@H]2C3=CC[C@@H]4C(=O)N(CCC(=O)O)C(=O)[C@@H]4[C@@H]3C[C@H]3C(=O)N(c4cc(-c5sc6ccc(Cl)cc6c5C)nn4C)C(=O)[C@@]23C)cc(C)c1O. The van der Waals surface area contributed by atoms with E-state index in [1.807, 2.05) is 50.3 Å². The number of carbonyl (C=O) groups is 5. The number of likely N-dealkylation sites (tertiary alicyclic amines) is 1. The average molecular weight is 741 g/mol. The van der Waals surface area contributed by atoms with Crippen LogP contribution in [0.15, 0.2) is 48.0 Å². The molecule has 4 aromatic rings. The number of rotatable bonds is 6. The number of phenols is 1. The van der Waals surface area contributed by atoms with E-state index in [4.69, 9.17) is 16.7 Å². The quantitative estimate of drug-likeness (QED) is 0.173. The third-order valence-electron chi connectivity index (χ3n) is 12.0. The van der Waals surface area contributed by atoms with E-state index in [9.17, 15) is 29.4 Å². The van der Waals surface area contributed by atoms with Gasteiger partial charge in [-0.05, 0) is 92.3 Å². The molecule has 2 aromatic heterocycles. The van der Waals surface area contributed by atoms with Crippen molar-refractivity contribution in [2.75, 3.05) is 11.4 Å². The second-order valence-corrected chi connectivity index (χ2v) is 16.3. The average Bonchev–Trinajstić information content (AvgIpc) is 3.76. The molecule has 4 aliphatic rings. The zero-order valence-electron chi connectivity index (χ0n) is 29.3. The van der Waals surface area contributed by atoms with Gasteiger partial charge in [0.05, 0.1) is 34.5 Å². The van der Waals surface area contributed by atoms with Gasteiger partial charge in [0, 0.05) is 35.3 Å². The van der Waals surface area contributed by atoms with E-state index in [1.165, 1.54) is 4.90 Å². The van der Waals surface area contributed by atoms with E-state index in [0.29, 0.717) is 27.7 Å². The topological polar surface area (TPSA) is 150 Å². The number of halogens is 1. The second kappa shape index (κ2) is 11.9. The molecular formula is C39H37ClN4O7S. The Hall–Kier alpha value is -4.81. The summed E-state index contributed by atoms with van der Waals surface area (Å²) in [7, 11) is 1.70. The smallest absolute Gasteiger partial charge is 0.305 e. The molecule has 0 spiro atoms. The number of aromatic hydroxyl groups is 1. The third-order valence-corrected chi connectivity index (χ3v) is 13.5. The number of thiophene rings is 1. The highest BCUT2D eigenvalue weighted by molar-refractivity contribution is 7.22. The maximum Gasteiger partial charge on any atom is 0.305 e. The number of imide groups is 2. The third kappa shape index (κ3) is 4.76. The van der Waals surface area contributed by atoms with Crippen LogP contribution in [0.4, 0.5) is 5.82 Å². The van der Waals surface area contributed by atoms with Crippen LogP contribution in [0.3, 0.4) is 0 Å². The number of carboxylic acids is 1. The number of carbonyl (C=O) groups excluding carboxylic acids is 4. The summed E-state index contributed by atoms with van der Waals surface area (Å²) in [5, 5.41) is 26.4. The Bertz CT molecular complexity index is 2300. The van der Waals surface area contributed by atoms with Crippen molar-refractivity contribution in [2.45, 2.75) is 52.9 Å². The molecule has 13 heteroatoms. The lowest BCUT2D eigenvalue weighted by atomic mass is 9.51. The predicted octanol–water partition coefficient (Wildman–Crippen LogP) is 6.29. The van der Waals surface area contributed by atoms with E-state index < -0.39 is 58.7 Å². The van der Waals surface area contributed by atoms with E-state index in [-0.39, 0.29) is 37.5 Å². The molecule has 11 nitrogen and oxygen atoms in total. The molecule has 2 aliphatic carbocycles. The Kier molecular flexibility index (Phi) is 7.82. The lowest BCUT2D eigenvalue weighted by Crippen LogP contribution is -2.49. The lowest BCUT2D eigenvalue weighted by Gasteiger charge is -2.49. The number of nitrogens with zero attached hydrogens (tertiary/aromatic N) is 4. The van der Waals surface area contributed by atoms with Crippen molar-refractivity contribution in [2.24, 2.45) is 36.1 Å². The highest BCUT2D eigenvalue weighted by Crippen LogP contribution is 2.64. The van der Waals surface area contributed by atoms with Crippen molar-refractivity contribution in [3.8, 4) is 16.3 Å². The van der Waals surface area contributed by atoms with Gasteiger partial charge < -0.3 is 10.2 Å². The van der Waals surface area contributed by atoms with Crippen LogP contribution in [0.1, 0.15) is 54.4 Å². The van der Waals surface area contributed by atoms with Crippen LogP contribution in [0.5, 0.6) is 5.75 Å². The van der Waals surface area contributed by atoms with Gasteiger partial charge in [0.2, 0.25) is 23.6 Å². The number of aliphatic carboxylic acids is 1. The van der Waals surface area contributed by atoms with Crippen LogP contribution in [0, 0.1) is 49.9 Å². The minimum absolute atomic E-state index is 0.137. The van der Waals surface area contributed by atoms with Crippen LogP contribution in [-0.4, -0.2) is 61.0 Å². The number of aromatic nitrogens is 2. The molecule has 0 bridgehead atoms. The van der Waals surface area contributed by atoms with Crippen molar-refractivity contribution in [3.05, 3.63) is 75.3 Å². The summed E-state index contributed by atoms with van der Waals surface area (Å²) in [6, 6.07) is 11.1. The number of phenolic OH excluding ortho intramolecular Hbond substituents is 1. The molecular weight excluding hydrogens is 704 g/mol. The maximum atomic E-state index is 15.0. The normalized spacial score (nSPS) is 27.0. The molecule has 2 aliphatic heterocycles. The van der Waals surface area contributed by atoms with Gasteiger partial charge >= 0.3 is 5.97 Å². The van der Waals surface area contributed by atoms with E-state index >= 15 is 4.79 Å². The first-order valence-electron chi connectivity index (χ1n) is 17.3. The summed E-state index contributed by atoms with van der Waals surface area (Å²) in [5.41, 5.74) is 3.12. The van der Waals surface area contributed by atoms with E-state index in [0.717, 1.165) is 36.6 Å². The number of hydrogen-bond acceptors (Lipinski definition) is 8. The van der Waals surface area contributed by atoms with Gasteiger partial charge in [0.15, 0.2) is 0 Å². The molecule has 8 rings (SSSR count). The molecule has 0 radical (unpaired) electrons. The Balaban J connectivity index is 1.24. The van der Waals surface area contributed by atoms with Crippen molar-refractivity contribution in [1.82, 2.24) is 14.7 Å². The van der Waals surface area contributed by atoms with Gasteiger partial charge in [-0.2, -0.15) is 5.10 Å². The monoisotopic (exact) mass is 740 g/mol.